The molecule has 0 radical (unpaired) electrons. The van der Waals surface area contributed by atoms with Crippen LogP contribution in [0, 0.1) is 0 Å². The second-order valence-corrected chi connectivity index (χ2v) is 5.88. The van der Waals surface area contributed by atoms with Crippen LogP contribution in [-0.4, -0.2) is 37.6 Å². The summed E-state index contributed by atoms with van der Waals surface area (Å²) in [7, 11) is 0. The van der Waals surface area contributed by atoms with Gasteiger partial charge in [0.25, 0.3) is 0 Å². The number of hydrogen-bond donors (Lipinski definition) is 2. The smallest absolute Gasteiger partial charge is 0.119 e. The summed E-state index contributed by atoms with van der Waals surface area (Å²) < 4.78 is 11.2. The number of benzene rings is 1. The topological polar surface area (TPSA) is 50.7 Å². The van der Waals surface area contributed by atoms with Crippen LogP contribution in [-0.2, 0) is 10.3 Å². The van der Waals surface area contributed by atoms with Crippen molar-refractivity contribution in [3.63, 3.8) is 0 Å². The molecule has 0 aliphatic carbocycles. The van der Waals surface area contributed by atoms with Gasteiger partial charge in [-0.05, 0) is 43.9 Å². The van der Waals surface area contributed by atoms with Gasteiger partial charge >= 0.3 is 0 Å². The maximum Gasteiger partial charge on any atom is 0.119 e. The first-order chi connectivity index (χ1) is 10.2. The molecule has 2 rings (SSSR count). The lowest BCUT2D eigenvalue weighted by Gasteiger charge is -2.31. The van der Waals surface area contributed by atoms with Crippen LogP contribution < -0.4 is 10.1 Å². The summed E-state index contributed by atoms with van der Waals surface area (Å²) in [5.41, 5.74) is 0.613. The fraction of sp³-hybridized carbons (Fsp3) is 0.647. The molecule has 0 saturated carbocycles. The molecule has 0 bridgehead atoms. The number of rotatable bonds is 8. The Hall–Kier alpha value is -1.10. The predicted molar refractivity (Wildman–Crippen MR) is 83.6 cm³/mol. The van der Waals surface area contributed by atoms with Crippen molar-refractivity contribution < 1.29 is 14.6 Å². The van der Waals surface area contributed by atoms with Crippen molar-refractivity contribution in [1.29, 1.82) is 0 Å². The zero-order valence-corrected chi connectivity index (χ0v) is 13.1. The van der Waals surface area contributed by atoms with Crippen molar-refractivity contribution >= 4 is 0 Å². The lowest BCUT2D eigenvalue weighted by atomic mass is 9.92. The van der Waals surface area contributed by atoms with Crippen LogP contribution in [0.2, 0.25) is 0 Å². The van der Waals surface area contributed by atoms with E-state index in [1.807, 2.05) is 31.2 Å². The molecule has 0 aromatic heterocycles. The third-order valence-electron chi connectivity index (χ3n) is 4.02. The van der Waals surface area contributed by atoms with E-state index in [4.69, 9.17) is 9.47 Å². The average molecular weight is 293 g/mol. The first-order valence-corrected chi connectivity index (χ1v) is 7.89. The molecular formula is C17H27NO3. The Kier molecular flexibility index (Phi) is 6.03. The first kappa shape index (κ1) is 16.3. The Bertz CT molecular complexity index is 415. The van der Waals surface area contributed by atoms with E-state index in [1.165, 1.54) is 0 Å². The van der Waals surface area contributed by atoms with E-state index in [9.17, 15) is 5.11 Å². The van der Waals surface area contributed by atoms with E-state index in [0.29, 0.717) is 0 Å². The van der Waals surface area contributed by atoms with E-state index in [0.717, 1.165) is 50.3 Å². The van der Waals surface area contributed by atoms with Crippen LogP contribution in [0.5, 0.6) is 5.75 Å². The van der Waals surface area contributed by atoms with E-state index >= 15 is 0 Å². The van der Waals surface area contributed by atoms with Gasteiger partial charge in [-0.15, -0.1) is 0 Å². The SMILES string of the molecule is CCCOc1ccc(C(C)(CO)NCC2CCCO2)cc1. The van der Waals surface area contributed by atoms with Crippen LogP contribution in [0.25, 0.3) is 0 Å². The largest absolute Gasteiger partial charge is 0.494 e. The molecule has 1 aliphatic heterocycles. The number of aliphatic hydroxyl groups is 1. The molecule has 1 fully saturated rings. The Morgan fingerprint density at radius 1 is 1.38 bits per heavy atom. The maximum absolute atomic E-state index is 9.79. The lowest BCUT2D eigenvalue weighted by Crippen LogP contribution is -2.46. The summed E-state index contributed by atoms with van der Waals surface area (Å²) in [5.74, 6) is 0.875. The summed E-state index contributed by atoms with van der Waals surface area (Å²) in [5, 5.41) is 13.2. The second-order valence-electron chi connectivity index (χ2n) is 5.88. The Morgan fingerprint density at radius 2 is 2.14 bits per heavy atom. The minimum Gasteiger partial charge on any atom is -0.494 e. The normalized spacial score (nSPS) is 21.2. The van der Waals surface area contributed by atoms with Gasteiger partial charge in [-0.1, -0.05) is 19.1 Å². The van der Waals surface area contributed by atoms with Crippen molar-refractivity contribution in [2.24, 2.45) is 0 Å². The quantitative estimate of drug-likeness (QED) is 0.773. The Balaban J connectivity index is 1.97. The van der Waals surface area contributed by atoms with Crippen molar-refractivity contribution in [2.75, 3.05) is 26.4 Å². The minimum atomic E-state index is -0.449. The van der Waals surface area contributed by atoms with Crippen molar-refractivity contribution in [1.82, 2.24) is 5.32 Å². The van der Waals surface area contributed by atoms with Crippen LogP contribution in [0.1, 0.15) is 38.7 Å². The van der Waals surface area contributed by atoms with Crippen molar-refractivity contribution in [2.45, 2.75) is 44.8 Å². The Morgan fingerprint density at radius 3 is 2.71 bits per heavy atom. The highest BCUT2D eigenvalue weighted by Crippen LogP contribution is 2.24. The zero-order valence-electron chi connectivity index (χ0n) is 13.1. The van der Waals surface area contributed by atoms with E-state index < -0.39 is 5.54 Å². The fourth-order valence-corrected chi connectivity index (χ4v) is 2.53. The second kappa shape index (κ2) is 7.78. The van der Waals surface area contributed by atoms with Crippen molar-refractivity contribution in [3.8, 4) is 5.75 Å². The highest BCUT2D eigenvalue weighted by molar-refractivity contribution is 5.31. The monoisotopic (exact) mass is 293 g/mol. The summed E-state index contributed by atoms with van der Waals surface area (Å²) in [4.78, 5) is 0. The summed E-state index contributed by atoms with van der Waals surface area (Å²) in [6.07, 6.45) is 3.49. The highest BCUT2D eigenvalue weighted by Gasteiger charge is 2.27. The number of nitrogens with one attached hydrogen (secondary N) is 1. The first-order valence-electron chi connectivity index (χ1n) is 7.89. The number of aliphatic hydroxyl groups excluding tert-OH is 1. The van der Waals surface area contributed by atoms with Gasteiger partial charge in [0.1, 0.15) is 5.75 Å². The third kappa shape index (κ3) is 4.43. The Labute approximate surface area is 127 Å². The van der Waals surface area contributed by atoms with Gasteiger partial charge in [-0.2, -0.15) is 0 Å². The molecule has 118 valence electrons. The highest BCUT2D eigenvalue weighted by atomic mass is 16.5. The molecule has 4 nitrogen and oxygen atoms in total. The fourth-order valence-electron chi connectivity index (χ4n) is 2.53. The average Bonchev–Trinajstić information content (AvgIpc) is 3.04. The predicted octanol–water partition coefficient (Wildman–Crippen LogP) is 2.45. The van der Waals surface area contributed by atoms with Gasteiger partial charge in [-0.25, -0.2) is 0 Å². The molecular weight excluding hydrogens is 266 g/mol. The van der Waals surface area contributed by atoms with Gasteiger partial charge in [-0.3, -0.25) is 0 Å². The van der Waals surface area contributed by atoms with E-state index in [1.54, 1.807) is 0 Å². The molecule has 1 aromatic carbocycles. The molecule has 4 heteroatoms. The van der Waals surface area contributed by atoms with Crippen LogP contribution in [0.15, 0.2) is 24.3 Å². The summed E-state index contributed by atoms with van der Waals surface area (Å²) >= 11 is 0. The number of hydrogen-bond acceptors (Lipinski definition) is 4. The lowest BCUT2D eigenvalue weighted by molar-refractivity contribution is 0.0910. The van der Waals surface area contributed by atoms with Crippen molar-refractivity contribution in [3.05, 3.63) is 29.8 Å². The molecule has 1 aliphatic rings. The van der Waals surface area contributed by atoms with Crippen LogP contribution in [0.3, 0.4) is 0 Å². The van der Waals surface area contributed by atoms with Gasteiger partial charge < -0.3 is 19.9 Å². The number of ether oxygens (including phenoxy) is 2. The summed E-state index contributed by atoms with van der Waals surface area (Å²) in [6.45, 7) is 6.51. The molecule has 2 N–H and O–H groups in total. The van der Waals surface area contributed by atoms with Crippen LogP contribution >= 0.6 is 0 Å². The van der Waals surface area contributed by atoms with Gasteiger partial charge in [0, 0.05) is 13.2 Å². The van der Waals surface area contributed by atoms with E-state index in [2.05, 4.69) is 12.2 Å². The molecule has 1 aromatic rings. The maximum atomic E-state index is 9.79. The molecule has 2 unspecified atom stereocenters. The van der Waals surface area contributed by atoms with E-state index in [-0.39, 0.29) is 12.7 Å². The minimum absolute atomic E-state index is 0.0505. The molecule has 0 spiro atoms. The third-order valence-corrected chi connectivity index (χ3v) is 4.02. The van der Waals surface area contributed by atoms with Crippen LogP contribution in [0.4, 0.5) is 0 Å². The molecule has 2 atom stereocenters. The molecule has 21 heavy (non-hydrogen) atoms. The van der Waals surface area contributed by atoms with Gasteiger partial charge in [0.2, 0.25) is 0 Å². The molecule has 1 heterocycles. The molecule has 0 amide bonds. The molecule has 1 saturated heterocycles. The summed E-state index contributed by atoms with van der Waals surface area (Å²) in [6, 6.07) is 7.97. The zero-order chi connectivity index (χ0) is 15.1. The van der Waals surface area contributed by atoms with Gasteiger partial charge in [0.05, 0.1) is 24.9 Å². The standard InChI is InChI=1S/C17H27NO3/c1-3-10-20-15-8-6-14(7-9-15)17(2,13-19)18-12-16-5-4-11-21-16/h6-9,16,18-19H,3-5,10-13H2,1-2H3. The van der Waals surface area contributed by atoms with Gasteiger partial charge in [0.15, 0.2) is 0 Å².